The van der Waals surface area contributed by atoms with E-state index in [9.17, 15) is 0 Å². The number of methoxy groups -OCH3 is 1. The number of anilines is 1. The molecule has 9 nitrogen and oxygen atoms in total. The highest BCUT2D eigenvalue weighted by molar-refractivity contribution is 5.93. The Balaban J connectivity index is 1.44. The van der Waals surface area contributed by atoms with Gasteiger partial charge < -0.3 is 18.8 Å². The zero-order valence-corrected chi connectivity index (χ0v) is 17.8. The minimum absolute atomic E-state index is 0.0485. The average Bonchev–Trinajstić information content (AvgIpc) is 3.35. The molecule has 9 heteroatoms. The van der Waals surface area contributed by atoms with Gasteiger partial charge in [0.25, 0.3) is 0 Å². The van der Waals surface area contributed by atoms with Crippen LogP contribution in [0.15, 0.2) is 35.0 Å². The van der Waals surface area contributed by atoms with E-state index in [1.165, 1.54) is 0 Å². The second-order valence-electron chi connectivity index (χ2n) is 7.70. The number of aromatic amines is 1. The predicted octanol–water partition coefficient (Wildman–Crippen LogP) is 3.29. The van der Waals surface area contributed by atoms with Crippen molar-refractivity contribution in [2.75, 3.05) is 25.2 Å². The Morgan fingerprint density at radius 3 is 3.03 bits per heavy atom. The SMILES string of the molecule is COC[C@H](C)Oc1ccc2[nH]nc(-c3cc(N4CCc5oc(C)nc5C4)ncn3)c2c1. The standard InChI is InChI=1S/C22H24N6O3/c1-13(11-29-3)30-15-4-5-17-16(8-15)22(27-26-17)18-9-21(24-12-23-18)28-7-6-20-19(10-28)25-14(2)31-20/h4-5,8-9,12-13H,6-7,10-11H2,1-3H3,(H,26,27)/t13-/m0/s1. The number of ether oxygens (including phenoxy) is 2. The lowest BCUT2D eigenvalue weighted by Crippen LogP contribution is -2.30. The first-order chi connectivity index (χ1) is 15.1. The third-order valence-corrected chi connectivity index (χ3v) is 5.33. The summed E-state index contributed by atoms with van der Waals surface area (Å²) in [6.07, 6.45) is 2.34. The second kappa shape index (κ2) is 7.99. The van der Waals surface area contributed by atoms with Gasteiger partial charge in [0, 0.05) is 38.5 Å². The molecule has 1 aliphatic rings. The van der Waals surface area contributed by atoms with Gasteiger partial charge in [0.1, 0.15) is 41.1 Å². The minimum atomic E-state index is -0.0485. The highest BCUT2D eigenvalue weighted by Crippen LogP contribution is 2.31. The van der Waals surface area contributed by atoms with E-state index in [2.05, 4.69) is 30.0 Å². The maximum absolute atomic E-state index is 5.95. The lowest BCUT2D eigenvalue weighted by Gasteiger charge is -2.26. The Bertz CT molecular complexity index is 1220. The Morgan fingerprint density at radius 1 is 1.26 bits per heavy atom. The van der Waals surface area contributed by atoms with Crippen LogP contribution in [-0.2, 0) is 17.7 Å². The first-order valence-electron chi connectivity index (χ1n) is 10.3. The van der Waals surface area contributed by atoms with E-state index in [1.807, 2.05) is 38.1 Å². The minimum Gasteiger partial charge on any atom is -0.488 e. The van der Waals surface area contributed by atoms with E-state index in [4.69, 9.17) is 13.9 Å². The summed E-state index contributed by atoms with van der Waals surface area (Å²) in [5, 5.41) is 8.53. The summed E-state index contributed by atoms with van der Waals surface area (Å²) in [5.74, 6) is 3.28. The first kappa shape index (κ1) is 19.5. The molecule has 0 aliphatic carbocycles. The van der Waals surface area contributed by atoms with Gasteiger partial charge in [0.15, 0.2) is 5.89 Å². The van der Waals surface area contributed by atoms with E-state index in [-0.39, 0.29) is 6.10 Å². The van der Waals surface area contributed by atoms with Crippen LogP contribution in [-0.4, -0.2) is 51.5 Å². The molecule has 160 valence electrons. The van der Waals surface area contributed by atoms with Gasteiger partial charge in [-0.25, -0.2) is 15.0 Å². The largest absolute Gasteiger partial charge is 0.488 e. The van der Waals surface area contributed by atoms with Crippen LogP contribution in [0.25, 0.3) is 22.3 Å². The number of hydrogen-bond acceptors (Lipinski definition) is 8. The maximum atomic E-state index is 5.95. The van der Waals surface area contributed by atoms with E-state index in [0.29, 0.717) is 19.0 Å². The maximum Gasteiger partial charge on any atom is 0.191 e. The molecule has 1 aromatic carbocycles. The van der Waals surface area contributed by atoms with Gasteiger partial charge in [-0.15, -0.1) is 0 Å². The van der Waals surface area contributed by atoms with Gasteiger partial charge in [-0.1, -0.05) is 0 Å². The van der Waals surface area contributed by atoms with E-state index < -0.39 is 0 Å². The zero-order chi connectivity index (χ0) is 21.4. The molecule has 3 aromatic heterocycles. The number of aromatic nitrogens is 5. The Kier molecular flexibility index (Phi) is 5.03. The third kappa shape index (κ3) is 3.84. The summed E-state index contributed by atoms with van der Waals surface area (Å²) in [6.45, 7) is 5.85. The first-order valence-corrected chi connectivity index (χ1v) is 10.3. The van der Waals surface area contributed by atoms with Crippen LogP contribution in [0.1, 0.15) is 24.3 Å². The molecule has 31 heavy (non-hydrogen) atoms. The topological polar surface area (TPSA) is 102 Å². The fourth-order valence-electron chi connectivity index (χ4n) is 3.94. The molecular weight excluding hydrogens is 396 g/mol. The Morgan fingerprint density at radius 2 is 2.16 bits per heavy atom. The van der Waals surface area contributed by atoms with Crippen LogP contribution in [0.3, 0.4) is 0 Å². The molecule has 1 N–H and O–H groups in total. The molecule has 0 spiro atoms. The summed E-state index contributed by atoms with van der Waals surface area (Å²) < 4.78 is 16.8. The fourth-order valence-corrected chi connectivity index (χ4v) is 3.94. The van der Waals surface area contributed by atoms with Crippen LogP contribution in [0, 0.1) is 6.92 Å². The van der Waals surface area contributed by atoms with Crippen LogP contribution < -0.4 is 9.64 Å². The van der Waals surface area contributed by atoms with Gasteiger partial charge in [0.2, 0.25) is 0 Å². The molecule has 1 atom stereocenters. The van der Waals surface area contributed by atoms with Crippen molar-refractivity contribution in [2.24, 2.45) is 0 Å². The average molecular weight is 420 g/mol. The zero-order valence-electron chi connectivity index (χ0n) is 17.8. The number of hydrogen-bond donors (Lipinski definition) is 1. The van der Waals surface area contributed by atoms with Gasteiger partial charge >= 0.3 is 0 Å². The molecular formula is C22H24N6O3. The van der Waals surface area contributed by atoms with Crippen molar-refractivity contribution in [2.45, 2.75) is 32.9 Å². The van der Waals surface area contributed by atoms with Crippen LogP contribution >= 0.6 is 0 Å². The van der Waals surface area contributed by atoms with E-state index in [0.717, 1.165) is 58.3 Å². The van der Waals surface area contributed by atoms with Gasteiger partial charge in [-0.2, -0.15) is 5.10 Å². The summed E-state index contributed by atoms with van der Waals surface area (Å²) in [5.41, 5.74) is 3.41. The molecule has 0 fully saturated rings. The highest BCUT2D eigenvalue weighted by atomic mass is 16.5. The summed E-state index contributed by atoms with van der Waals surface area (Å²) in [7, 11) is 1.66. The van der Waals surface area contributed by atoms with Crippen molar-refractivity contribution >= 4 is 16.7 Å². The number of rotatable bonds is 6. The Hall–Kier alpha value is -3.46. The molecule has 0 saturated carbocycles. The number of oxazole rings is 1. The van der Waals surface area contributed by atoms with Crippen molar-refractivity contribution in [1.82, 2.24) is 25.1 Å². The van der Waals surface area contributed by atoms with Gasteiger partial charge in [0.05, 0.1) is 24.4 Å². The van der Waals surface area contributed by atoms with Crippen molar-refractivity contribution in [3.05, 3.63) is 47.9 Å². The van der Waals surface area contributed by atoms with E-state index in [1.54, 1.807) is 13.4 Å². The molecule has 0 bridgehead atoms. The van der Waals surface area contributed by atoms with Crippen LogP contribution in [0.5, 0.6) is 5.75 Å². The number of fused-ring (bicyclic) bond motifs is 2. The smallest absolute Gasteiger partial charge is 0.191 e. The number of nitrogens with one attached hydrogen (secondary N) is 1. The molecule has 5 rings (SSSR count). The van der Waals surface area contributed by atoms with Gasteiger partial charge in [-0.3, -0.25) is 5.10 Å². The van der Waals surface area contributed by atoms with Crippen molar-refractivity contribution < 1.29 is 13.9 Å². The van der Waals surface area contributed by atoms with Crippen molar-refractivity contribution in [1.29, 1.82) is 0 Å². The fraction of sp³-hybridized carbons (Fsp3) is 0.364. The van der Waals surface area contributed by atoms with Crippen molar-refractivity contribution in [3.63, 3.8) is 0 Å². The predicted molar refractivity (Wildman–Crippen MR) is 115 cm³/mol. The van der Waals surface area contributed by atoms with E-state index >= 15 is 0 Å². The molecule has 1 aliphatic heterocycles. The third-order valence-electron chi connectivity index (χ3n) is 5.33. The lowest BCUT2D eigenvalue weighted by atomic mass is 10.1. The Labute approximate surface area is 179 Å². The highest BCUT2D eigenvalue weighted by Gasteiger charge is 2.23. The number of benzene rings is 1. The van der Waals surface area contributed by atoms with Gasteiger partial charge in [-0.05, 0) is 25.1 Å². The number of H-pyrrole nitrogens is 1. The second-order valence-corrected chi connectivity index (χ2v) is 7.70. The lowest BCUT2D eigenvalue weighted by molar-refractivity contribution is 0.0922. The normalized spacial score (nSPS) is 14.6. The molecule has 0 radical (unpaired) electrons. The molecule has 0 amide bonds. The summed E-state index contributed by atoms with van der Waals surface area (Å²) >= 11 is 0. The molecule has 4 heterocycles. The molecule has 4 aromatic rings. The summed E-state index contributed by atoms with van der Waals surface area (Å²) in [4.78, 5) is 15.7. The molecule has 0 saturated heterocycles. The van der Waals surface area contributed by atoms with Crippen molar-refractivity contribution in [3.8, 4) is 17.1 Å². The number of aryl methyl sites for hydroxylation is 1. The number of nitrogens with zero attached hydrogens (tertiary/aromatic N) is 5. The summed E-state index contributed by atoms with van der Waals surface area (Å²) in [6, 6.07) is 7.83. The molecule has 0 unspecified atom stereocenters. The monoisotopic (exact) mass is 420 g/mol. The van der Waals surface area contributed by atoms with Crippen LogP contribution in [0.4, 0.5) is 5.82 Å². The van der Waals surface area contributed by atoms with Crippen LogP contribution in [0.2, 0.25) is 0 Å². The quantitative estimate of drug-likeness (QED) is 0.507.